The highest BCUT2D eigenvalue weighted by Crippen LogP contribution is 2.23. The predicted molar refractivity (Wildman–Crippen MR) is 108 cm³/mol. The molecule has 2 amide bonds. The fraction of sp³-hybridized carbons (Fsp3) is 0.227. The SMILES string of the molecule is CCc1cccc(CC)c1NC(=O)/C(C#N)=C/c1ccc(NC(C)=O)cc1. The van der Waals surface area contributed by atoms with Gasteiger partial charge in [0, 0.05) is 18.3 Å². The summed E-state index contributed by atoms with van der Waals surface area (Å²) in [4.78, 5) is 23.7. The second-order valence-corrected chi connectivity index (χ2v) is 6.09. The highest BCUT2D eigenvalue weighted by molar-refractivity contribution is 6.10. The molecule has 2 aromatic carbocycles. The van der Waals surface area contributed by atoms with Crippen molar-refractivity contribution >= 4 is 29.3 Å². The average Bonchev–Trinajstić information content (AvgIpc) is 2.66. The van der Waals surface area contributed by atoms with Gasteiger partial charge in [-0.1, -0.05) is 44.2 Å². The quantitative estimate of drug-likeness (QED) is 0.594. The third-order valence-electron chi connectivity index (χ3n) is 4.14. The summed E-state index contributed by atoms with van der Waals surface area (Å²) < 4.78 is 0. The molecule has 0 aliphatic heterocycles. The third-order valence-corrected chi connectivity index (χ3v) is 4.14. The minimum absolute atomic E-state index is 0.0234. The van der Waals surface area contributed by atoms with Crippen molar-refractivity contribution in [3.05, 3.63) is 64.7 Å². The zero-order valence-corrected chi connectivity index (χ0v) is 15.8. The monoisotopic (exact) mass is 361 g/mol. The van der Waals surface area contributed by atoms with Crippen molar-refractivity contribution in [3.63, 3.8) is 0 Å². The number of amides is 2. The van der Waals surface area contributed by atoms with Gasteiger partial charge >= 0.3 is 0 Å². The van der Waals surface area contributed by atoms with E-state index in [0.29, 0.717) is 11.3 Å². The third kappa shape index (κ3) is 5.29. The Labute approximate surface area is 159 Å². The molecule has 5 heteroatoms. The second-order valence-electron chi connectivity index (χ2n) is 6.09. The smallest absolute Gasteiger partial charge is 0.266 e. The molecular weight excluding hydrogens is 338 g/mol. The van der Waals surface area contributed by atoms with Crippen molar-refractivity contribution < 1.29 is 9.59 Å². The maximum absolute atomic E-state index is 12.6. The summed E-state index contributed by atoms with van der Waals surface area (Å²) in [6, 6.07) is 14.8. The summed E-state index contributed by atoms with van der Waals surface area (Å²) >= 11 is 0. The second kappa shape index (κ2) is 9.35. The Morgan fingerprint density at radius 1 is 1.00 bits per heavy atom. The number of nitriles is 1. The molecule has 2 aromatic rings. The molecule has 0 atom stereocenters. The maximum atomic E-state index is 12.6. The first-order chi connectivity index (χ1) is 13.0. The van der Waals surface area contributed by atoms with Crippen LogP contribution in [0.3, 0.4) is 0 Å². The minimum Gasteiger partial charge on any atom is -0.326 e. The van der Waals surface area contributed by atoms with E-state index in [9.17, 15) is 14.9 Å². The van der Waals surface area contributed by atoms with Crippen LogP contribution >= 0.6 is 0 Å². The first kappa shape index (κ1) is 19.9. The van der Waals surface area contributed by atoms with Crippen molar-refractivity contribution in [1.82, 2.24) is 0 Å². The van der Waals surface area contributed by atoms with Crippen molar-refractivity contribution in [3.8, 4) is 6.07 Å². The predicted octanol–water partition coefficient (Wildman–Crippen LogP) is 4.32. The van der Waals surface area contributed by atoms with Gasteiger partial charge in [0.25, 0.3) is 5.91 Å². The van der Waals surface area contributed by atoms with Gasteiger partial charge in [-0.25, -0.2) is 0 Å². The van der Waals surface area contributed by atoms with Crippen LogP contribution in [-0.2, 0) is 22.4 Å². The molecule has 2 rings (SSSR count). The van der Waals surface area contributed by atoms with E-state index in [1.165, 1.54) is 13.0 Å². The lowest BCUT2D eigenvalue weighted by Gasteiger charge is -2.14. The van der Waals surface area contributed by atoms with Gasteiger partial charge in [-0.05, 0) is 47.7 Å². The van der Waals surface area contributed by atoms with E-state index in [1.54, 1.807) is 24.3 Å². The minimum atomic E-state index is -0.431. The number of aryl methyl sites for hydroxylation is 2. The number of nitrogens with zero attached hydrogens (tertiary/aromatic N) is 1. The van der Waals surface area contributed by atoms with Crippen LogP contribution in [0.15, 0.2) is 48.0 Å². The number of para-hydroxylation sites is 1. The molecule has 0 unspecified atom stereocenters. The molecule has 0 spiro atoms. The van der Waals surface area contributed by atoms with E-state index in [4.69, 9.17) is 0 Å². The van der Waals surface area contributed by atoms with Crippen LogP contribution in [0, 0.1) is 11.3 Å². The Balaban J connectivity index is 2.25. The normalized spacial score (nSPS) is 10.8. The lowest BCUT2D eigenvalue weighted by atomic mass is 10.0. The number of benzene rings is 2. The van der Waals surface area contributed by atoms with E-state index >= 15 is 0 Å². The summed E-state index contributed by atoms with van der Waals surface area (Å²) in [5, 5.41) is 15.0. The van der Waals surface area contributed by atoms with Crippen LogP contribution in [0.5, 0.6) is 0 Å². The summed E-state index contributed by atoms with van der Waals surface area (Å²) in [6.45, 7) is 5.49. The lowest BCUT2D eigenvalue weighted by molar-refractivity contribution is -0.114. The lowest BCUT2D eigenvalue weighted by Crippen LogP contribution is -2.16. The van der Waals surface area contributed by atoms with Crippen molar-refractivity contribution in [2.45, 2.75) is 33.6 Å². The number of hydrogen-bond donors (Lipinski definition) is 2. The van der Waals surface area contributed by atoms with Crippen molar-refractivity contribution in [1.29, 1.82) is 5.26 Å². The van der Waals surface area contributed by atoms with E-state index in [1.807, 2.05) is 38.1 Å². The van der Waals surface area contributed by atoms with Gasteiger partial charge < -0.3 is 10.6 Å². The zero-order valence-electron chi connectivity index (χ0n) is 15.8. The van der Waals surface area contributed by atoms with E-state index in [0.717, 1.165) is 29.7 Å². The topological polar surface area (TPSA) is 82.0 Å². The van der Waals surface area contributed by atoms with Crippen LogP contribution in [0.2, 0.25) is 0 Å². The van der Waals surface area contributed by atoms with Gasteiger partial charge in [0.2, 0.25) is 5.91 Å². The van der Waals surface area contributed by atoms with Gasteiger partial charge in [0.1, 0.15) is 11.6 Å². The van der Waals surface area contributed by atoms with Crippen molar-refractivity contribution in [2.75, 3.05) is 10.6 Å². The summed E-state index contributed by atoms with van der Waals surface area (Å²) in [5.74, 6) is -0.587. The molecule has 0 heterocycles. The maximum Gasteiger partial charge on any atom is 0.266 e. The molecule has 0 saturated heterocycles. The number of nitrogens with one attached hydrogen (secondary N) is 2. The fourth-order valence-electron chi connectivity index (χ4n) is 2.77. The van der Waals surface area contributed by atoms with Crippen molar-refractivity contribution in [2.24, 2.45) is 0 Å². The Hall–Kier alpha value is -3.39. The van der Waals surface area contributed by atoms with Crippen LogP contribution in [0.25, 0.3) is 6.08 Å². The molecule has 0 saturated carbocycles. The number of rotatable bonds is 6. The molecule has 2 N–H and O–H groups in total. The highest BCUT2D eigenvalue weighted by Gasteiger charge is 2.14. The molecule has 0 aliphatic rings. The van der Waals surface area contributed by atoms with Crippen LogP contribution in [-0.4, -0.2) is 11.8 Å². The summed E-state index contributed by atoms with van der Waals surface area (Å²) in [6.07, 6.45) is 3.12. The average molecular weight is 361 g/mol. The largest absolute Gasteiger partial charge is 0.326 e. The fourth-order valence-corrected chi connectivity index (χ4v) is 2.77. The summed E-state index contributed by atoms with van der Waals surface area (Å²) in [5.41, 5.74) is 4.26. The molecule has 0 aliphatic carbocycles. The first-order valence-corrected chi connectivity index (χ1v) is 8.90. The van der Waals surface area contributed by atoms with E-state index in [-0.39, 0.29) is 11.5 Å². The van der Waals surface area contributed by atoms with E-state index < -0.39 is 5.91 Å². The van der Waals surface area contributed by atoms with Crippen LogP contribution in [0.4, 0.5) is 11.4 Å². The molecular formula is C22H23N3O2. The van der Waals surface area contributed by atoms with Gasteiger partial charge in [-0.15, -0.1) is 0 Å². The Morgan fingerprint density at radius 3 is 2.07 bits per heavy atom. The number of anilines is 2. The number of carbonyl (C=O) groups excluding carboxylic acids is 2. The van der Waals surface area contributed by atoms with Gasteiger partial charge in [0.15, 0.2) is 0 Å². The van der Waals surface area contributed by atoms with Crippen LogP contribution < -0.4 is 10.6 Å². The van der Waals surface area contributed by atoms with Gasteiger partial charge in [-0.2, -0.15) is 5.26 Å². The molecule has 0 radical (unpaired) electrons. The molecule has 0 aromatic heterocycles. The van der Waals surface area contributed by atoms with Gasteiger partial charge in [0.05, 0.1) is 0 Å². The van der Waals surface area contributed by atoms with Gasteiger partial charge in [-0.3, -0.25) is 9.59 Å². The standard InChI is InChI=1S/C22H23N3O2/c1-4-17-7-6-8-18(5-2)21(17)25-22(27)19(14-23)13-16-9-11-20(12-10-16)24-15(3)26/h6-13H,4-5H2,1-3H3,(H,24,26)(H,25,27)/b19-13+. The van der Waals surface area contributed by atoms with Crippen LogP contribution in [0.1, 0.15) is 37.5 Å². The Morgan fingerprint density at radius 2 is 1.59 bits per heavy atom. The molecule has 138 valence electrons. The zero-order chi connectivity index (χ0) is 19.8. The Kier molecular flexibility index (Phi) is 6.90. The highest BCUT2D eigenvalue weighted by atomic mass is 16.2. The first-order valence-electron chi connectivity index (χ1n) is 8.90. The molecule has 27 heavy (non-hydrogen) atoms. The molecule has 5 nitrogen and oxygen atoms in total. The Bertz CT molecular complexity index is 884. The molecule has 0 fully saturated rings. The number of hydrogen-bond acceptors (Lipinski definition) is 3. The summed E-state index contributed by atoms with van der Waals surface area (Å²) in [7, 11) is 0. The number of carbonyl (C=O) groups is 2. The van der Waals surface area contributed by atoms with E-state index in [2.05, 4.69) is 10.6 Å². The molecule has 0 bridgehead atoms.